The van der Waals surface area contributed by atoms with Crippen LogP contribution >= 0.6 is 11.8 Å². The van der Waals surface area contributed by atoms with Gasteiger partial charge >= 0.3 is 0 Å². The van der Waals surface area contributed by atoms with Gasteiger partial charge in [-0.1, -0.05) is 30.0 Å². The number of carbonyl (C=O) groups is 3. The van der Waals surface area contributed by atoms with Gasteiger partial charge in [0.05, 0.1) is 32.8 Å². The summed E-state index contributed by atoms with van der Waals surface area (Å²) in [6.07, 6.45) is 1.67. The molecule has 2 aliphatic rings. The number of anilines is 2. The molecule has 5 rings (SSSR count). The standard InChI is InChI=1S/C33H34N4O6S/c1-22(38)24-10-12-25(13-11-24)35-14-16-36(17-15-35)30(39)21-44-33-34-27(32(40)37(33)26-8-6-5-7-9-26)18-23-19-28(41-2)31(43-4)29(20-23)42-3/h5-13,18-20H,14-17,21H2,1-4H3/b27-18+. The third-order valence-corrected chi connectivity index (χ3v) is 8.35. The molecule has 2 amide bonds. The van der Waals surface area contributed by atoms with Crippen molar-refractivity contribution in [3.63, 3.8) is 0 Å². The number of thioether (sulfide) groups is 1. The number of para-hydroxylation sites is 1. The summed E-state index contributed by atoms with van der Waals surface area (Å²) >= 11 is 1.24. The average Bonchev–Trinajstić information content (AvgIpc) is 3.37. The van der Waals surface area contributed by atoms with Crippen LogP contribution in [0.2, 0.25) is 0 Å². The highest BCUT2D eigenvalue weighted by Crippen LogP contribution is 2.39. The van der Waals surface area contributed by atoms with E-state index in [9.17, 15) is 14.4 Å². The van der Waals surface area contributed by atoms with Gasteiger partial charge in [0.25, 0.3) is 5.91 Å². The number of amidine groups is 1. The fraction of sp³-hybridized carbons (Fsp3) is 0.273. The molecule has 0 radical (unpaired) electrons. The van der Waals surface area contributed by atoms with E-state index in [0.717, 1.165) is 5.69 Å². The molecule has 1 fully saturated rings. The van der Waals surface area contributed by atoms with Gasteiger partial charge in [0.15, 0.2) is 22.4 Å². The molecule has 3 aromatic carbocycles. The monoisotopic (exact) mass is 614 g/mol. The second-order valence-corrected chi connectivity index (χ2v) is 11.1. The SMILES string of the molecule is COc1cc(/C=C2/N=C(SCC(=O)N3CCN(c4ccc(C(C)=O)cc4)CC3)N(c3ccccc3)C2=O)cc(OC)c1OC. The lowest BCUT2D eigenvalue weighted by molar-refractivity contribution is -0.128. The zero-order valence-electron chi connectivity index (χ0n) is 25.1. The second-order valence-electron chi connectivity index (χ2n) is 10.1. The molecule has 1 saturated heterocycles. The topological polar surface area (TPSA) is 101 Å². The number of amides is 2. The number of nitrogens with zero attached hydrogens (tertiary/aromatic N) is 4. The van der Waals surface area contributed by atoms with Crippen molar-refractivity contribution in [2.24, 2.45) is 4.99 Å². The molecule has 10 nitrogen and oxygen atoms in total. The summed E-state index contributed by atoms with van der Waals surface area (Å²) in [6, 6.07) is 20.3. The maximum absolute atomic E-state index is 13.7. The second kappa shape index (κ2) is 13.7. The minimum Gasteiger partial charge on any atom is -0.493 e. The Labute approximate surface area is 260 Å². The summed E-state index contributed by atoms with van der Waals surface area (Å²) in [4.78, 5) is 48.7. The Bertz CT molecular complexity index is 1570. The third kappa shape index (κ3) is 6.57. The van der Waals surface area contributed by atoms with Crippen LogP contribution in [0.15, 0.2) is 77.4 Å². The number of hydrogen-bond donors (Lipinski definition) is 0. The Balaban J connectivity index is 1.30. The lowest BCUT2D eigenvalue weighted by Crippen LogP contribution is -2.49. The summed E-state index contributed by atoms with van der Waals surface area (Å²) in [5, 5.41) is 0.428. The van der Waals surface area contributed by atoms with Gasteiger partial charge in [-0.3, -0.25) is 19.3 Å². The van der Waals surface area contributed by atoms with Gasteiger partial charge < -0.3 is 24.0 Å². The molecule has 0 spiro atoms. The molecule has 3 aromatic rings. The van der Waals surface area contributed by atoms with Gasteiger partial charge in [-0.25, -0.2) is 4.99 Å². The molecule has 0 bridgehead atoms. The Morgan fingerprint density at radius 3 is 2.07 bits per heavy atom. The van der Waals surface area contributed by atoms with Crippen molar-refractivity contribution in [1.82, 2.24) is 4.90 Å². The molecule has 0 N–H and O–H groups in total. The molecular formula is C33H34N4O6S. The van der Waals surface area contributed by atoms with Crippen molar-refractivity contribution in [3.05, 3.63) is 83.6 Å². The summed E-state index contributed by atoms with van der Waals surface area (Å²) in [5.74, 6) is 1.22. The first-order valence-corrected chi connectivity index (χ1v) is 15.1. The third-order valence-electron chi connectivity index (χ3n) is 7.43. The predicted octanol–water partition coefficient (Wildman–Crippen LogP) is 4.74. The summed E-state index contributed by atoms with van der Waals surface area (Å²) < 4.78 is 16.3. The number of hydrogen-bond acceptors (Lipinski definition) is 9. The molecule has 0 aromatic heterocycles. The number of aliphatic imine (C=N–C) groups is 1. The lowest BCUT2D eigenvalue weighted by Gasteiger charge is -2.36. The molecule has 0 aliphatic carbocycles. The van der Waals surface area contributed by atoms with Gasteiger partial charge in [0.1, 0.15) is 5.70 Å². The minimum absolute atomic E-state index is 0.0215. The summed E-state index contributed by atoms with van der Waals surface area (Å²) in [7, 11) is 4.59. The van der Waals surface area contributed by atoms with Crippen molar-refractivity contribution in [3.8, 4) is 17.2 Å². The number of rotatable bonds is 9. The fourth-order valence-corrected chi connectivity index (χ4v) is 5.99. The van der Waals surface area contributed by atoms with Gasteiger partial charge in [-0.05, 0) is 67.1 Å². The van der Waals surface area contributed by atoms with E-state index < -0.39 is 0 Å². The lowest BCUT2D eigenvalue weighted by atomic mass is 10.1. The molecular weight excluding hydrogens is 580 g/mol. The Morgan fingerprint density at radius 2 is 1.50 bits per heavy atom. The van der Waals surface area contributed by atoms with Crippen LogP contribution < -0.4 is 24.0 Å². The van der Waals surface area contributed by atoms with E-state index in [1.54, 1.807) is 25.1 Å². The van der Waals surface area contributed by atoms with Crippen LogP contribution in [0.5, 0.6) is 17.2 Å². The zero-order valence-corrected chi connectivity index (χ0v) is 25.9. The van der Waals surface area contributed by atoms with Crippen LogP contribution in [-0.2, 0) is 9.59 Å². The number of Topliss-reactive ketones (excluding diaryl/α,β-unsaturated/α-hetero) is 1. The Morgan fingerprint density at radius 1 is 0.864 bits per heavy atom. The number of ketones is 1. The number of methoxy groups -OCH3 is 3. The highest BCUT2D eigenvalue weighted by Gasteiger charge is 2.33. The van der Waals surface area contributed by atoms with E-state index in [1.165, 1.54) is 38.0 Å². The quantitative estimate of drug-likeness (QED) is 0.252. The fourth-order valence-electron chi connectivity index (χ4n) is 5.08. The van der Waals surface area contributed by atoms with Crippen molar-refractivity contribution in [2.45, 2.75) is 6.92 Å². The van der Waals surface area contributed by atoms with E-state index in [2.05, 4.69) is 9.89 Å². The van der Waals surface area contributed by atoms with Crippen LogP contribution in [0, 0.1) is 0 Å². The van der Waals surface area contributed by atoms with Gasteiger partial charge in [-0.2, -0.15) is 0 Å². The zero-order chi connectivity index (χ0) is 31.2. The molecule has 0 saturated carbocycles. The Hall–Kier alpha value is -4.77. The van der Waals surface area contributed by atoms with E-state index in [4.69, 9.17) is 14.2 Å². The van der Waals surface area contributed by atoms with Crippen LogP contribution in [0.1, 0.15) is 22.8 Å². The summed E-state index contributed by atoms with van der Waals surface area (Å²) in [5.41, 5.74) is 3.24. The minimum atomic E-state index is -0.302. The predicted molar refractivity (Wildman–Crippen MR) is 173 cm³/mol. The normalized spacial score (nSPS) is 15.8. The van der Waals surface area contributed by atoms with E-state index in [0.29, 0.717) is 65.4 Å². The van der Waals surface area contributed by atoms with Crippen molar-refractivity contribution >= 4 is 52.0 Å². The molecule has 0 unspecified atom stereocenters. The van der Waals surface area contributed by atoms with Crippen molar-refractivity contribution < 1.29 is 28.6 Å². The smallest absolute Gasteiger partial charge is 0.283 e. The molecule has 228 valence electrons. The number of benzene rings is 3. The largest absolute Gasteiger partial charge is 0.493 e. The molecule has 2 aliphatic heterocycles. The highest BCUT2D eigenvalue weighted by atomic mass is 32.2. The maximum atomic E-state index is 13.7. The average molecular weight is 615 g/mol. The van der Waals surface area contributed by atoms with Gasteiger partial charge in [0.2, 0.25) is 11.7 Å². The number of ether oxygens (including phenoxy) is 3. The van der Waals surface area contributed by atoms with Crippen LogP contribution in [0.4, 0.5) is 11.4 Å². The molecule has 11 heteroatoms. The van der Waals surface area contributed by atoms with Gasteiger partial charge in [0, 0.05) is 37.4 Å². The van der Waals surface area contributed by atoms with E-state index in [-0.39, 0.29) is 29.0 Å². The number of carbonyl (C=O) groups excluding carboxylic acids is 3. The van der Waals surface area contributed by atoms with Crippen molar-refractivity contribution in [2.75, 3.05) is 63.1 Å². The van der Waals surface area contributed by atoms with E-state index >= 15 is 0 Å². The highest BCUT2D eigenvalue weighted by molar-refractivity contribution is 8.14. The van der Waals surface area contributed by atoms with Crippen LogP contribution in [0.3, 0.4) is 0 Å². The van der Waals surface area contributed by atoms with Crippen LogP contribution in [-0.4, -0.2) is 80.9 Å². The van der Waals surface area contributed by atoms with Gasteiger partial charge in [-0.15, -0.1) is 0 Å². The molecule has 0 atom stereocenters. The Kier molecular flexibility index (Phi) is 9.54. The van der Waals surface area contributed by atoms with E-state index in [1.807, 2.05) is 59.5 Å². The first-order chi connectivity index (χ1) is 21.3. The number of piperazine rings is 1. The maximum Gasteiger partial charge on any atom is 0.283 e. The molecule has 2 heterocycles. The first kappa shape index (κ1) is 30.7. The molecule has 44 heavy (non-hydrogen) atoms. The summed E-state index contributed by atoms with van der Waals surface area (Å²) in [6.45, 7) is 4.08. The van der Waals surface area contributed by atoms with Crippen LogP contribution in [0.25, 0.3) is 6.08 Å². The first-order valence-electron chi connectivity index (χ1n) is 14.1. The van der Waals surface area contributed by atoms with Crippen molar-refractivity contribution in [1.29, 1.82) is 0 Å².